The summed E-state index contributed by atoms with van der Waals surface area (Å²) in [4.78, 5) is 14.6. The van der Waals surface area contributed by atoms with Crippen molar-refractivity contribution in [3.05, 3.63) is 52.0 Å². The molecule has 2 rings (SSSR count). The molecular formula is C12H10BrFN2O. The minimum atomic E-state index is -0.441. The summed E-state index contributed by atoms with van der Waals surface area (Å²) in [7, 11) is 0. The number of para-hydroxylation sites is 1. The number of aromatic amines is 1. The zero-order chi connectivity index (χ0) is 12.4. The lowest BCUT2D eigenvalue weighted by molar-refractivity contribution is 0.102. The standard InChI is InChI=1S/C12H10BrFN2O/c1-7-3-2-4-9(14)11(7)16-12(17)10-5-8(13)6-15-10/h2-6,15H,1H3,(H,16,17). The molecule has 5 heteroatoms. The molecule has 0 aliphatic carbocycles. The van der Waals surface area contributed by atoms with E-state index in [-0.39, 0.29) is 11.6 Å². The van der Waals surface area contributed by atoms with E-state index in [9.17, 15) is 9.18 Å². The average molecular weight is 297 g/mol. The molecule has 0 atom stereocenters. The lowest BCUT2D eigenvalue weighted by atomic mass is 10.2. The molecule has 1 heterocycles. The molecule has 2 aromatic rings. The van der Waals surface area contributed by atoms with Crippen LogP contribution in [0.4, 0.5) is 10.1 Å². The second-order valence-electron chi connectivity index (χ2n) is 3.62. The minimum absolute atomic E-state index is 0.211. The summed E-state index contributed by atoms with van der Waals surface area (Å²) in [5, 5.41) is 2.54. The second kappa shape index (κ2) is 4.71. The van der Waals surface area contributed by atoms with Gasteiger partial charge in [0.1, 0.15) is 11.5 Å². The fraction of sp³-hybridized carbons (Fsp3) is 0.0833. The Labute approximate surface area is 106 Å². The molecule has 0 fully saturated rings. The summed E-state index contributed by atoms with van der Waals surface area (Å²) in [6.07, 6.45) is 1.64. The summed E-state index contributed by atoms with van der Waals surface area (Å²) in [5.41, 5.74) is 1.27. The third-order valence-corrected chi connectivity index (χ3v) is 2.81. The summed E-state index contributed by atoms with van der Waals surface area (Å²) in [6.45, 7) is 1.74. The first-order valence-corrected chi connectivity index (χ1v) is 5.77. The first kappa shape index (κ1) is 11.9. The lowest BCUT2D eigenvalue weighted by Gasteiger charge is -2.08. The molecule has 1 aromatic carbocycles. The Morgan fingerprint density at radius 2 is 2.24 bits per heavy atom. The van der Waals surface area contributed by atoms with Gasteiger partial charge in [0.15, 0.2) is 0 Å². The van der Waals surface area contributed by atoms with Gasteiger partial charge in [0.2, 0.25) is 0 Å². The molecule has 0 saturated heterocycles. The Morgan fingerprint density at radius 1 is 1.47 bits per heavy atom. The first-order valence-electron chi connectivity index (χ1n) is 4.98. The molecule has 3 nitrogen and oxygen atoms in total. The number of anilines is 1. The molecule has 0 aliphatic rings. The van der Waals surface area contributed by atoms with Crippen molar-refractivity contribution in [2.45, 2.75) is 6.92 Å². The monoisotopic (exact) mass is 296 g/mol. The van der Waals surface area contributed by atoms with Gasteiger partial charge in [-0.15, -0.1) is 0 Å². The topological polar surface area (TPSA) is 44.9 Å². The van der Waals surface area contributed by atoms with Crippen molar-refractivity contribution in [2.24, 2.45) is 0 Å². The first-order chi connectivity index (χ1) is 8.08. The van der Waals surface area contributed by atoms with Crippen molar-refractivity contribution in [2.75, 3.05) is 5.32 Å². The van der Waals surface area contributed by atoms with Crippen molar-refractivity contribution in [3.8, 4) is 0 Å². The number of rotatable bonds is 2. The zero-order valence-corrected chi connectivity index (χ0v) is 10.6. The van der Waals surface area contributed by atoms with E-state index in [4.69, 9.17) is 0 Å². The van der Waals surface area contributed by atoms with Gasteiger partial charge in [-0.2, -0.15) is 0 Å². The molecule has 0 saturated carbocycles. The van der Waals surface area contributed by atoms with Crippen LogP contribution in [-0.2, 0) is 0 Å². The van der Waals surface area contributed by atoms with Crippen molar-refractivity contribution >= 4 is 27.5 Å². The highest BCUT2D eigenvalue weighted by atomic mass is 79.9. The average Bonchev–Trinajstić information content (AvgIpc) is 2.70. The Balaban J connectivity index is 2.24. The molecule has 0 radical (unpaired) electrons. The number of nitrogens with one attached hydrogen (secondary N) is 2. The van der Waals surface area contributed by atoms with Gasteiger partial charge < -0.3 is 10.3 Å². The normalized spacial score (nSPS) is 10.3. The Morgan fingerprint density at radius 3 is 2.82 bits per heavy atom. The quantitative estimate of drug-likeness (QED) is 0.876. The number of H-pyrrole nitrogens is 1. The van der Waals surface area contributed by atoms with Crippen molar-refractivity contribution in [1.29, 1.82) is 0 Å². The molecular weight excluding hydrogens is 287 g/mol. The molecule has 2 N–H and O–H groups in total. The maximum absolute atomic E-state index is 13.5. The van der Waals surface area contributed by atoms with E-state index >= 15 is 0 Å². The summed E-state index contributed by atoms with van der Waals surface area (Å²) in [5.74, 6) is -0.812. The van der Waals surface area contributed by atoms with Crippen molar-refractivity contribution < 1.29 is 9.18 Å². The van der Waals surface area contributed by atoms with E-state index in [1.807, 2.05) is 0 Å². The van der Waals surface area contributed by atoms with E-state index in [2.05, 4.69) is 26.2 Å². The highest BCUT2D eigenvalue weighted by Gasteiger charge is 2.12. The Bertz CT molecular complexity index is 545. The van der Waals surface area contributed by atoms with Crippen molar-refractivity contribution in [3.63, 3.8) is 0 Å². The molecule has 1 amide bonds. The fourth-order valence-corrected chi connectivity index (χ4v) is 1.81. The van der Waals surface area contributed by atoms with Crippen LogP contribution in [0.25, 0.3) is 0 Å². The van der Waals surface area contributed by atoms with Gasteiger partial charge in [-0.05, 0) is 40.5 Å². The smallest absolute Gasteiger partial charge is 0.272 e. The largest absolute Gasteiger partial charge is 0.356 e. The number of carbonyl (C=O) groups is 1. The SMILES string of the molecule is Cc1cccc(F)c1NC(=O)c1cc(Br)c[nH]1. The van der Waals surface area contributed by atoms with Crippen LogP contribution >= 0.6 is 15.9 Å². The zero-order valence-electron chi connectivity index (χ0n) is 9.05. The van der Waals surface area contributed by atoms with E-state index < -0.39 is 5.82 Å². The molecule has 88 valence electrons. The fourth-order valence-electron chi connectivity index (χ4n) is 1.47. The van der Waals surface area contributed by atoms with E-state index in [0.29, 0.717) is 11.3 Å². The third-order valence-electron chi connectivity index (χ3n) is 2.35. The van der Waals surface area contributed by atoms with Gasteiger partial charge in [-0.25, -0.2) is 4.39 Å². The molecule has 17 heavy (non-hydrogen) atoms. The van der Waals surface area contributed by atoms with Crippen LogP contribution in [0.15, 0.2) is 34.9 Å². The number of benzene rings is 1. The predicted octanol–water partition coefficient (Wildman–Crippen LogP) is 3.48. The number of halogens is 2. The van der Waals surface area contributed by atoms with Crippen LogP contribution in [0.2, 0.25) is 0 Å². The van der Waals surface area contributed by atoms with Crippen LogP contribution in [0, 0.1) is 12.7 Å². The maximum atomic E-state index is 13.5. The van der Waals surface area contributed by atoms with Crippen LogP contribution in [0.5, 0.6) is 0 Å². The lowest BCUT2D eigenvalue weighted by Crippen LogP contribution is -2.14. The maximum Gasteiger partial charge on any atom is 0.272 e. The number of amides is 1. The highest BCUT2D eigenvalue weighted by molar-refractivity contribution is 9.10. The van der Waals surface area contributed by atoms with Crippen molar-refractivity contribution in [1.82, 2.24) is 4.98 Å². The van der Waals surface area contributed by atoms with E-state index in [1.165, 1.54) is 6.07 Å². The molecule has 1 aromatic heterocycles. The molecule has 0 bridgehead atoms. The number of aromatic nitrogens is 1. The number of aryl methyl sites for hydroxylation is 1. The van der Waals surface area contributed by atoms with Gasteiger partial charge in [-0.1, -0.05) is 12.1 Å². The predicted molar refractivity (Wildman–Crippen MR) is 67.6 cm³/mol. The molecule has 0 unspecified atom stereocenters. The number of hydrogen-bond donors (Lipinski definition) is 2. The Hall–Kier alpha value is -1.62. The summed E-state index contributed by atoms with van der Waals surface area (Å²) in [6, 6.07) is 6.29. The van der Waals surface area contributed by atoms with Gasteiger partial charge >= 0.3 is 0 Å². The van der Waals surface area contributed by atoms with Crippen LogP contribution in [0.3, 0.4) is 0 Å². The number of hydrogen-bond acceptors (Lipinski definition) is 1. The molecule has 0 aliphatic heterocycles. The molecule has 0 spiro atoms. The van der Waals surface area contributed by atoms with Gasteiger partial charge in [0.05, 0.1) is 5.69 Å². The van der Waals surface area contributed by atoms with Gasteiger partial charge in [0, 0.05) is 10.7 Å². The van der Waals surface area contributed by atoms with Crippen LogP contribution < -0.4 is 5.32 Å². The summed E-state index contributed by atoms with van der Waals surface area (Å²) >= 11 is 3.23. The van der Waals surface area contributed by atoms with E-state index in [0.717, 1.165) is 4.47 Å². The summed E-state index contributed by atoms with van der Waals surface area (Å²) < 4.78 is 14.3. The second-order valence-corrected chi connectivity index (χ2v) is 4.53. The van der Waals surface area contributed by atoms with Gasteiger partial charge in [-0.3, -0.25) is 4.79 Å². The highest BCUT2D eigenvalue weighted by Crippen LogP contribution is 2.20. The van der Waals surface area contributed by atoms with Gasteiger partial charge in [0.25, 0.3) is 5.91 Å². The number of carbonyl (C=O) groups excluding carboxylic acids is 1. The third kappa shape index (κ3) is 2.55. The van der Waals surface area contributed by atoms with Crippen LogP contribution in [0.1, 0.15) is 16.1 Å². The van der Waals surface area contributed by atoms with E-state index in [1.54, 1.807) is 31.3 Å². The Kier molecular flexibility index (Phi) is 3.28. The minimum Gasteiger partial charge on any atom is -0.356 e. The van der Waals surface area contributed by atoms with Crippen LogP contribution in [-0.4, -0.2) is 10.9 Å².